The molecule has 0 spiro atoms. The van der Waals surface area contributed by atoms with Gasteiger partial charge < -0.3 is 15.2 Å². The number of aliphatic hydroxyl groups excluding tert-OH is 1. The highest BCUT2D eigenvalue weighted by atomic mass is 35.5. The summed E-state index contributed by atoms with van der Waals surface area (Å²) in [5.74, 6) is 0.661. The fourth-order valence-corrected chi connectivity index (χ4v) is 4.31. The Morgan fingerprint density at radius 1 is 0.706 bits per heavy atom. The van der Waals surface area contributed by atoms with E-state index in [1.807, 2.05) is 67.6 Å². The van der Waals surface area contributed by atoms with E-state index in [0.717, 1.165) is 22.4 Å². The lowest BCUT2D eigenvalue weighted by Crippen LogP contribution is -2.12. The minimum absolute atomic E-state index is 0.483. The van der Waals surface area contributed by atoms with Gasteiger partial charge in [0.25, 0.3) is 0 Å². The average molecular weight is 533 g/mol. The first-order valence-electron chi connectivity index (χ1n) is 10.5. The molecule has 0 aliphatic heterocycles. The van der Waals surface area contributed by atoms with Crippen molar-refractivity contribution in [3.63, 3.8) is 0 Å². The molecule has 7 heteroatoms. The summed E-state index contributed by atoms with van der Waals surface area (Å²) in [5, 5.41) is 16.0. The topological polar surface area (TPSA) is 41.5 Å². The van der Waals surface area contributed by atoms with Crippen LogP contribution in [0, 0.1) is 6.92 Å². The van der Waals surface area contributed by atoms with Crippen LogP contribution in [0.5, 0.6) is 5.75 Å². The highest BCUT2D eigenvalue weighted by molar-refractivity contribution is 6.35. The van der Waals surface area contributed by atoms with Crippen molar-refractivity contribution in [2.75, 3.05) is 5.32 Å². The van der Waals surface area contributed by atoms with E-state index in [-0.39, 0.29) is 0 Å². The van der Waals surface area contributed by atoms with Crippen LogP contribution in [0.15, 0.2) is 84.9 Å². The SMILES string of the molecule is Cc1cc(C(O)Nc2ccc(Cl)cc2)ccc1OC(c1ccc(Cl)cc1)c1ccc(Cl)cc1Cl. The molecular formula is C27H21Cl4NO2. The molecule has 2 unspecified atom stereocenters. The van der Waals surface area contributed by atoms with Crippen LogP contribution in [0.25, 0.3) is 0 Å². The monoisotopic (exact) mass is 531 g/mol. The van der Waals surface area contributed by atoms with Crippen molar-refractivity contribution in [3.05, 3.63) is 127 Å². The maximum Gasteiger partial charge on any atom is 0.150 e. The third-order valence-electron chi connectivity index (χ3n) is 5.32. The van der Waals surface area contributed by atoms with Gasteiger partial charge in [-0.25, -0.2) is 0 Å². The zero-order valence-corrected chi connectivity index (χ0v) is 21.1. The Morgan fingerprint density at radius 3 is 1.91 bits per heavy atom. The van der Waals surface area contributed by atoms with Crippen LogP contribution < -0.4 is 10.1 Å². The summed E-state index contributed by atoms with van der Waals surface area (Å²) in [7, 11) is 0. The molecule has 0 aromatic heterocycles. The van der Waals surface area contributed by atoms with Gasteiger partial charge in [-0.3, -0.25) is 0 Å². The maximum atomic E-state index is 10.7. The standard InChI is InChI=1S/C27H21Cl4NO2/c1-16-14-18(27(33)32-22-10-7-20(29)8-11-22)4-13-25(16)34-26(17-2-5-19(28)6-3-17)23-12-9-21(30)15-24(23)31/h2-15,26-27,32-33H,1H3. The van der Waals surface area contributed by atoms with Gasteiger partial charge in [0.05, 0.1) is 0 Å². The number of ether oxygens (including phenoxy) is 1. The average Bonchev–Trinajstić information content (AvgIpc) is 2.81. The Kier molecular flexibility index (Phi) is 7.92. The second-order valence-corrected chi connectivity index (χ2v) is 9.51. The Balaban J connectivity index is 1.61. The van der Waals surface area contributed by atoms with Gasteiger partial charge in [-0.05, 0) is 78.7 Å². The number of aryl methyl sites for hydroxylation is 1. The largest absolute Gasteiger partial charge is 0.481 e. The number of hydrogen-bond donors (Lipinski definition) is 2. The Morgan fingerprint density at radius 2 is 1.29 bits per heavy atom. The summed E-state index contributed by atoms with van der Waals surface area (Å²) in [6, 6.07) is 25.4. The number of hydrogen-bond acceptors (Lipinski definition) is 3. The van der Waals surface area contributed by atoms with E-state index >= 15 is 0 Å². The first kappa shape index (κ1) is 24.7. The first-order valence-corrected chi connectivity index (χ1v) is 12.0. The van der Waals surface area contributed by atoms with Crippen molar-refractivity contribution in [3.8, 4) is 5.75 Å². The molecule has 0 bridgehead atoms. The number of nitrogens with one attached hydrogen (secondary N) is 1. The summed E-state index contributed by atoms with van der Waals surface area (Å²) < 4.78 is 6.46. The second kappa shape index (κ2) is 10.9. The summed E-state index contributed by atoms with van der Waals surface area (Å²) in [6.07, 6.45) is -1.38. The zero-order valence-electron chi connectivity index (χ0n) is 18.1. The van der Waals surface area contributed by atoms with Crippen molar-refractivity contribution >= 4 is 52.1 Å². The lowest BCUT2D eigenvalue weighted by atomic mass is 10.0. The zero-order chi connectivity index (χ0) is 24.2. The highest BCUT2D eigenvalue weighted by Crippen LogP contribution is 2.36. The number of rotatable bonds is 7. The van der Waals surface area contributed by atoms with Gasteiger partial charge in [-0.15, -0.1) is 0 Å². The molecule has 34 heavy (non-hydrogen) atoms. The van der Waals surface area contributed by atoms with Crippen molar-refractivity contribution < 1.29 is 9.84 Å². The van der Waals surface area contributed by atoms with E-state index < -0.39 is 12.3 Å². The predicted molar refractivity (Wildman–Crippen MR) is 142 cm³/mol. The number of aliphatic hydroxyl groups is 1. The highest BCUT2D eigenvalue weighted by Gasteiger charge is 2.21. The molecule has 0 amide bonds. The number of benzene rings is 4. The van der Waals surface area contributed by atoms with Crippen molar-refractivity contribution in [2.24, 2.45) is 0 Å². The van der Waals surface area contributed by atoms with Crippen molar-refractivity contribution in [1.82, 2.24) is 0 Å². The fraction of sp³-hybridized carbons (Fsp3) is 0.111. The number of halogens is 4. The van der Waals surface area contributed by atoms with Gasteiger partial charge in [0.2, 0.25) is 0 Å². The lowest BCUT2D eigenvalue weighted by molar-refractivity contribution is 0.207. The molecule has 4 rings (SSSR count). The Bertz CT molecular complexity index is 1280. The quantitative estimate of drug-likeness (QED) is 0.233. The molecule has 0 saturated carbocycles. The molecule has 4 aromatic rings. The molecule has 2 N–H and O–H groups in total. The molecule has 2 atom stereocenters. The van der Waals surface area contributed by atoms with Crippen LogP contribution in [0.4, 0.5) is 5.69 Å². The summed E-state index contributed by atoms with van der Waals surface area (Å²) in [4.78, 5) is 0. The van der Waals surface area contributed by atoms with Gasteiger partial charge in [0, 0.05) is 36.9 Å². The van der Waals surface area contributed by atoms with Crippen LogP contribution in [0.1, 0.15) is 34.6 Å². The molecule has 0 fully saturated rings. The fourth-order valence-electron chi connectivity index (χ4n) is 3.55. The normalized spacial score (nSPS) is 12.8. The van der Waals surface area contributed by atoms with Crippen molar-refractivity contribution in [2.45, 2.75) is 19.3 Å². The molecule has 0 saturated heterocycles. The van der Waals surface area contributed by atoms with Crippen LogP contribution >= 0.6 is 46.4 Å². The first-order chi connectivity index (χ1) is 16.3. The Hall–Kier alpha value is -2.40. The summed E-state index contributed by atoms with van der Waals surface area (Å²) in [6.45, 7) is 1.93. The van der Waals surface area contributed by atoms with Crippen LogP contribution in [0.2, 0.25) is 20.1 Å². The van der Waals surface area contributed by atoms with Gasteiger partial charge in [-0.2, -0.15) is 0 Å². The molecule has 4 aromatic carbocycles. The Labute approximate surface area is 218 Å². The van der Waals surface area contributed by atoms with Gasteiger partial charge >= 0.3 is 0 Å². The minimum Gasteiger partial charge on any atom is -0.481 e. The molecule has 0 aliphatic carbocycles. The second-order valence-electron chi connectivity index (χ2n) is 7.79. The molecule has 174 valence electrons. The molecule has 0 radical (unpaired) electrons. The van der Waals surface area contributed by atoms with E-state index in [0.29, 0.717) is 31.4 Å². The van der Waals surface area contributed by atoms with E-state index in [4.69, 9.17) is 51.1 Å². The smallest absolute Gasteiger partial charge is 0.150 e. The number of anilines is 1. The summed E-state index contributed by atoms with van der Waals surface area (Å²) in [5.41, 5.74) is 3.99. The third-order valence-corrected chi connectivity index (χ3v) is 6.39. The minimum atomic E-state index is -0.897. The molecule has 0 aliphatic rings. The molecular weight excluding hydrogens is 512 g/mol. The van der Waals surface area contributed by atoms with E-state index in [1.54, 1.807) is 24.3 Å². The van der Waals surface area contributed by atoms with Crippen LogP contribution in [-0.2, 0) is 0 Å². The predicted octanol–water partition coefficient (Wildman–Crippen LogP) is 8.88. The maximum absolute atomic E-state index is 10.7. The third kappa shape index (κ3) is 5.99. The summed E-state index contributed by atoms with van der Waals surface area (Å²) >= 11 is 24.7. The van der Waals surface area contributed by atoms with Crippen LogP contribution in [0.3, 0.4) is 0 Å². The van der Waals surface area contributed by atoms with Crippen molar-refractivity contribution in [1.29, 1.82) is 0 Å². The van der Waals surface area contributed by atoms with E-state index in [2.05, 4.69) is 5.32 Å². The van der Waals surface area contributed by atoms with Gasteiger partial charge in [0.1, 0.15) is 5.75 Å². The molecule has 3 nitrogen and oxygen atoms in total. The van der Waals surface area contributed by atoms with Gasteiger partial charge in [0.15, 0.2) is 12.3 Å². The van der Waals surface area contributed by atoms with E-state index in [9.17, 15) is 5.11 Å². The van der Waals surface area contributed by atoms with Crippen LogP contribution in [-0.4, -0.2) is 5.11 Å². The molecule has 0 heterocycles. The van der Waals surface area contributed by atoms with Gasteiger partial charge in [-0.1, -0.05) is 70.7 Å². The van der Waals surface area contributed by atoms with E-state index in [1.165, 1.54) is 0 Å². The lowest BCUT2D eigenvalue weighted by Gasteiger charge is -2.23.